The minimum Gasteiger partial charge on any atom is -0.381 e. The highest BCUT2D eigenvalue weighted by Gasteiger charge is 2.33. The molecule has 1 saturated heterocycles. The fourth-order valence-corrected chi connectivity index (χ4v) is 2.71. The van der Waals surface area contributed by atoms with Crippen LogP contribution in [0, 0.1) is 5.92 Å². The molecule has 2 aliphatic rings. The van der Waals surface area contributed by atoms with Crippen LogP contribution >= 0.6 is 0 Å². The Morgan fingerprint density at radius 2 is 1.95 bits per heavy atom. The first-order valence-electron chi connectivity index (χ1n) is 6.84. The van der Waals surface area contributed by atoms with Crippen molar-refractivity contribution in [3.8, 4) is 0 Å². The van der Waals surface area contributed by atoms with Gasteiger partial charge in [-0.1, -0.05) is 30.3 Å². The van der Waals surface area contributed by atoms with Gasteiger partial charge in [0.25, 0.3) is 0 Å². The lowest BCUT2D eigenvalue weighted by Gasteiger charge is -2.28. The zero-order valence-electron chi connectivity index (χ0n) is 10.9. The molecule has 2 heterocycles. The van der Waals surface area contributed by atoms with Gasteiger partial charge in [-0.15, -0.1) is 0 Å². The van der Waals surface area contributed by atoms with Crippen molar-refractivity contribution < 1.29 is 9.53 Å². The van der Waals surface area contributed by atoms with E-state index in [-0.39, 0.29) is 17.9 Å². The van der Waals surface area contributed by atoms with Crippen molar-refractivity contribution in [3.05, 3.63) is 35.9 Å². The van der Waals surface area contributed by atoms with Gasteiger partial charge in [0, 0.05) is 31.8 Å². The summed E-state index contributed by atoms with van der Waals surface area (Å²) in [4.78, 5) is 12.5. The summed E-state index contributed by atoms with van der Waals surface area (Å²) in [5.74, 6) is 0.209. The first kappa shape index (κ1) is 12.4. The van der Waals surface area contributed by atoms with Crippen LogP contribution in [0.2, 0.25) is 0 Å². The van der Waals surface area contributed by atoms with Crippen LogP contribution in [0.4, 0.5) is 0 Å². The van der Waals surface area contributed by atoms with E-state index in [2.05, 4.69) is 17.2 Å². The van der Waals surface area contributed by atoms with Crippen molar-refractivity contribution in [2.75, 3.05) is 13.2 Å². The van der Waals surface area contributed by atoms with Gasteiger partial charge in [-0.05, 0) is 18.4 Å². The van der Waals surface area contributed by atoms with E-state index in [1.165, 1.54) is 0 Å². The molecule has 1 aromatic carbocycles. The predicted molar refractivity (Wildman–Crippen MR) is 72.7 cm³/mol. The van der Waals surface area contributed by atoms with Crippen molar-refractivity contribution in [1.82, 2.24) is 5.01 Å². The number of benzene rings is 1. The third-order valence-electron chi connectivity index (χ3n) is 3.81. The van der Waals surface area contributed by atoms with Crippen molar-refractivity contribution in [2.24, 2.45) is 11.0 Å². The molecule has 0 bridgehead atoms. The van der Waals surface area contributed by atoms with Crippen LogP contribution in [0.15, 0.2) is 35.4 Å². The Morgan fingerprint density at radius 1 is 1.21 bits per heavy atom. The first-order valence-corrected chi connectivity index (χ1v) is 6.84. The number of rotatable bonds is 2. The van der Waals surface area contributed by atoms with Gasteiger partial charge in [-0.2, -0.15) is 5.10 Å². The zero-order chi connectivity index (χ0) is 13.1. The maximum absolute atomic E-state index is 12.5. The maximum atomic E-state index is 12.5. The second-order valence-corrected chi connectivity index (χ2v) is 5.03. The van der Waals surface area contributed by atoms with Crippen molar-refractivity contribution in [2.45, 2.75) is 25.3 Å². The lowest BCUT2D eigenvalue weighted by atomic mass is 9.97. The van der Waals surface area contributed by atoms with Gasteiger partial charge >= 0.3 is 0 Å². The molecule has 3 rings (SSSR count). The molecule has 0 saturated carbocycles. The van der Waals surface area contributed by atoms with E-state index < -0.39 is 0 Å². The van der Waals surface area contributed by atoms with Gasteiger partial charge in [-0.3, -0.25) is 4.79 Å². The summed E-state index contributed by atoms with van der Waals surface area (Å²) >= 11 is 0. The van der Waals surface area contributed by atoms with E-state index in [1.807, 2.05) is 24.4 Å². The fraction of sp³-hybridized carbons (Fsp3) is 0.467. The summed E-state index contributed by atoms with van der Waals surface area (Å²) in [7, 11) is 0. The molecule has 2 aliphatic heterocycles. The van der Waals surface area contributed by atoms with Crippen LogP contribution in [-0.4, -0.2) is 30.3 Å². The monoisotopic (exact) mass is 258 g/mol. The van der Waals surface area contributed by atoms with Crippen LogP contribution < -0.4 is 0 Å². The largest absolute Gasteiger partial charge is 0.381 e. The Hall–Kier alpha value is -1.68. The normalized spacial score (nSPS) is 23.8. The number of amides is 1. The van der Waals surface area contributed by atoms with Crippen molar-refractivity contribution in [1.29, 1.82) is 0 Å². The standard InChI is InChI=1S/C15H18N2O2/c18-15(13-7-10-19-11-8-13)17-14(6-9-16-17)12-4-2-1-3-5-12/h1-5,9,13-14H,6-8,10-11H2/t14-/m0/s1. The van der Waals surface area contributed by atoms with E-state index in [0.29, 0.717) is 13.2 Å². The average Bonchev–Trinajstić information content (AvgIpc) is 2.98. The summed E-state index contributed by atoms with van der Waals surface area (Å²) in [5.41, 5.74) is 1.15. The van der Waals surface area contributed by atoms with E-state index in [9.17, 15) is 4.79 Å². The number of hydrogen-bond acceptors (Lipinski definition) is 3. The van der Waals surface area contributed by atoms with Crippen LogP contribution in [-0.2, 0) is 9.53 Å². The molecule has 1 fully saturated rings. The lowest BCUT2D eigenvalue weighted by Crippen LogP contribution is -2.35. The number of carbonyl (C=O) groups is 1. The average molecular weight is 258 g/mol. The van der Waals surface area contributed by atoms with Gasteiger partial charge in [0.15, 0.2) is 0 Å². The molecule has 0 aliphatic carbocycles. The quantitative estimate of drug-likeness (QED) is 0.817. The third kappa shape index (κ3) is 2.54. The fourth-order valence-electron chi connectivity index (χ4n) is 2.71. The topological polar surface area (TPSA) is 41.9 Å². The Bertz CT molecular complexity index is 466. The van der Waals surface area contributed by atoms with Crippen LogP contribution in [0.1, 0.15) is 30.9 Å². The highest BCUT2D eigenvalue weighted by molar-refractivity contribution is 5.82. The van der Waals surface area contributed by atoms with Crippen LogP contribution in [0.3, 0.4) is 0 Å². The lowest BCUT2D eigenvalue weighted by molar-refractivity contribution is -0.140. The minimum absolute atomic E-state index is 0.0650. The number of ether oxygens (including phenoxy) is 1. The van der Waals surface area contributed by atoms with Crippen molar-refractivity contribution >= 4 is 12.1 Å². The molecule has 0 unspecified atom stereocenters. The molecule has 1 amide bonds. The molecular formula is C15H18N2O2. The van der Waals surface area contributed by atoms with Gasteiger partial charge in [0.1, 0.15) is 0 Å². The Morgan fingerprint density at radius 3 is 2.68 bits per heavy atom. The SMILES string of the molecule is O=C(C1CCOCC1)N1N=CC[C@H]1c1ccccc1. The molecule has 0 aromatic heterocycles. The number of hydrogen-bond donors (Lipinski definition) is 0. The molecular weight excluding hydrogens is 240 g/mol. The second-order valence-electron chi connectivity index (χ2n) is 5.03. The van der Waals surface area contributed by atoms with Crippen LogP contribution in [0.5, 0.6) is 0 Å². The zero-order valence-corrected chi connectivity index (χ0v) is 10.9. The molecule has 1 aromatic rings. The summed E-state index contributed by atoms with van der Waals surface area (Å²) < 4.78 is 5.31. The molecule has 1 atom stereocenters. The highest BCUT2D eigenvalue weighted by atomic mass is 16.5. The second kappa shape index (κ2) is 5.53. The van der Waals surface area contributed by atoms with Gasteiger partial charge < -0.3 is 4.74 Å². The first-order chi connectivity index (χ1) is 9.36. The summed E-state index contributed by atoms with van der Waals surface area (Å²) in [6.45, 7) is 1.37. The Labute approximate surface area is 113 Å². The molecule has 0 radical (unpaired) electrons. The molecule has 19 heavy (non-hydrogen) atoms. The van der Waals surface area contributed by atoms with E-state index in [4.69, 9.17) is 4.74 Å². The predicted octanol–water partition coefficient (Wildman–Crippen LogP) is 2.37. The van der Waals surface area contributed by atoms with E-state index in [0.717, 1.165) is 24.8 Å². The maximum Gasteiger partial charge on any atom is 0.246 e. The summed E-state index contributed by atoms with van der Waals surface area (Å²) in [6.07, 6.45) is 4.27. The number of carbonyl (C=O) groups excluding carboxylic acids is 1. The van der Waals surface area contributed by atoms with Gasteiger partial charge in [0.05, 0.1) is 6.04 Å². The summed E-state index contributed by atoms with van der Waals surface area (Å²) in [5, 5.41) is 5.96. The van der Waals surface area contributed by atoms with Crippen LogP contribution in [0.25, 0.3) is 0 Å². The van der Waals surface area contributed by atoms with Gasteiger partial charge in [0.2, 0.25) is 5.91 Å². The molecule has 0 N–H and O–H groups in total. The smallest absolute Gasteiger partial charge is 0.246 e. The molecule has 0 spiro atoms. The highest BCUT2D eigenvalue weighted by Crippen LogP contribution is 2.31. The van der Waals surface area contributed by atoms with E-state index >= 15 is 0 Å². The Kier molecular flexibility index (Phi) is 3.60. The molecule has 4 nitrogen and oxygen atoms in total. The third-order valence-corrected chi connectivity index (χ3v) is 3.81. The van der Waals surface area contributed by atoms with Gasteiger partial charge in [-0.25, -0.2) is 5.01 Å². The van der Waals surface area contributed by atoms with E-state index in [1.54, 1.807) is 5.01 Å². The summed E-state index contributed by atoms with van der Waals surface area (Å²) in [6, 6.07) is 10.2. The minimum atomic E-state index is 0.0650. The number of nitrogens with zero attached hydrogens (tertiary/aromatic N) is 2. The molecule has 100 valence electrons. The Balaban J connectivity index is 1.75. The van der Waals surface area contributed by atoms with Crippen molar-refractivity contribution in [3.63, 3.8) is 0 Å². The number of hydrazone groups is 1. The molecule has 4 heteroatoms.